The topological polar surface area (TPSA) is 110 Å². The van der Waals surface area contributed by atoms with E-state index in [2.05, 4.69) is 10.4 Å². The van der Waals surface area contributed by atoms with Crippen molar-refractivity contribution in [2.24, 2.45) is 5.73 Å². The molecule has 1 saturated carbocycles. The van der Waals surface area contributed by atoms with Crippen molar-refractivity contribution in [1.29, 1.82) is 0 Å². The van der Waals surface area contributed by atoms with Gasteiger partial charge in [0, 0.05) is 23.5 Å². The highest BCUT2D eigenvalue weighted by atomic mass is 35.5. The normalized spacial score (nSPS) is 14.2. The number of fused-ring (bicyclic) bond motifs is 1. The molecule has 0 bridgehead atoms. The second kappa shape index (κ2) is 9.19. The van der Waals surface area contributed by atoms with Gasteiger partial charge in [-0.3, -0.25) is 19.1 Å². The van der Waals surface area contributed by atoms with Crippen molar-refractivity contribution in [1.82, 2.24) is 20.0 Å². The van der Waals surface area contributed by atoms with Gasteiger partial charge in [0.25, 0.3) is 5.91 Å². The average Bonchev–Trinajstić information content (AvgIpc) is 3.55. The minimum Gasteiger partial charge on any atom is -0.364 e. The summed E-state index contributed by atoms with van der Waals surface area (Å²) in [5.74, 6) is -1.98. The van der Waals surface area contributed by atoms with E-state index >= 15 is 0 Å². The molecule has 0 saturated heterocycles. The van der Waals surface area contributed by atoms with Crippen LogP contribution in [0.5, 0.6) is 0 Å². The van der Waals surface area contributed by atoms with Crippen LogP contribution in [0.3, 0.4) is 0 Å². The molecule has 1 fully saturated rings. The van der Waals surface area contributed by atoms with Crippen molar-refractivity contribution in [3.05, 3.63) is 64.6 Å². The molecule has 10 heteroatoms. The summed E-state index contributed by atoms with van der Waals surface area (Å²) in [7, 11) is 0. The standard InChI is InChI=1S/C23H23ClFN5O3/c1-13(23(33)27-11-14-5-4-7-17(24)20(14)25)30(15-9-10-15)19(31)12-29-18-8-3-2-6-16(18)21(28-29)22(26)32/h2-8,13,15H,9-12H2,1H3,(H2,26,32)(H,27,33). The Hall–Kier alpha value is -3.46. The van der Waals surface area contributed by atoms with Crippen LogP contribution in [0.15, 0.2) is 42.5 Å². The first kappa shape index (κ1) is 22.7. The molecule has 1 aliphatic rings. The van der Waals surface area contributed by atoms with E-state index < -0.39 is 23.7 Å². The fourth-order valence-electron chi connectivity index (χ4n) is 3.87. The maximum atomic E-state index is 14.1. The van der Waals surface area contributed by atoms with E-state index in [4.69, 9.17) is 17.3 Å². The number of para-hydroxylation sites is 1. The molecule has 1 unspecified atom stereocenters. The van der Waals surface area contributed by atoms with E-state index in [0.717, 1.165) is 12.8 Å². The smallest absolute Gasteiger partial charge is 0.269 e. The lowest BCUT2D eigenvalue weighted by molar-refractivity contribution is -0.141. The predicted molar refractivity (Wildman–Crippen MR) is 121 cm³/mol. The SMILES string of the molecule is CC(C(=O)NCc1cccc(Cl)c1F)N(C(=O)Cn1nc(C(N)=O)c2ccccc21)C1CC1. The second-order valence-electron chi connectivity index (χ2n) is 8.03. The molecule has 3 amide bonds. The van der Waals surface area contributed by atoms with E-state index in [1.54, 1.807) is 37.3 Å². The summed E-state index contributed by atoms with van der Waals surface area (Å²) in [5.41, 5.74) is 6.38. The van der Waals surface area contributed by atoms with E-state index in [1.165, 1.54) is 21.7 Å². The molecule has 1 atom stereocenters. The van der Waals surface area contributed by atoms with Crippen LogP contribution in [0.2, 0.25) is 5.02 Å². The molecule has 8 nitrogen and oxygen atoms in total. The number of hydrogen-bond donors (Lipinski definition) is 2. The third-order valence-corrected chi connectivity index (χ3v) is 5.98. The lowest BCUT2D eigenvalue weighted by Crippen LogP contribution is -2.50. The molecule has 1 heterocycles. The summed E-state index contributed by atoms with van der Waals surface area (Å²) in [6, 6.07) is 10.7. The summed E-state index contributed by atoms with van der Waals surface area (Å²) >= 11 is 5.80. The maximum Gasteiger partial charge on any atom is 0.269 e. The Labute approximate surface area is 194 Å². The average molecular weight is 472 g/mol. The van der Waals surface area contributed by atoms with Gasteiger partial charge < -0.3 is 16.0 Å². The van der Waals surface area contributed by atoms with Gasteiger partial charge in [0.15, 0.2) is 5.69 Å². The largest absolute Gasteiger partial charge is 0.364 e. The van der Waals surface area contributed by atoms with Crippen LogP contribution in [0.1, 0.15) is 35.8 Å². The van der Waals surface area contributed by atoms with Gasteiger partial charge in [0.05, 0.1) is 10.5 Å². The van der Waals surface area contributed by atoms with Crippen LogP contribution in [-0.4, -0.2) is 44.5 Å². The molecule has 1 aliphatic carbocycles. The number of benzene rings is 2. The zero-order valence-electron chi connectivity index (χ0n) is 17.9. The number of nitrogens with one attached hydrogen (secondary N) is 1. The first-order valence-corrected chi connectivity index (χ1v) is 10.9. The van der Waals surface area contributed by atoms with Gasteiger partial charge in [0.1, 0.15) is 18.4 Å². The van der Waals surface area contributed by atoms with E-state index in [0.29, 0.717) is 10.9 Å². The van der Waals surface area contributed by atoms with E-state index in [-0.39, 0.29) is 41.3 Å². The van der Waals surface area contributed by atoms with Crippen molar-refractivity contribution in [2.45, 2.75) is 44.9 Å². The van der Waals surface area contributed by atoms with E-state index in [9.17, 15) is 18.8 Å². The lowest BCUT2D eigenvalue weighted by atomic mass is 10.2. The molecule has 3 N–H and O–H groups in total. The van der Waals surface area contributed by atoms with Gasteiger partial charge in [-0.15, -0.1) is 0 Å². The Kier molecular flexibility index (Phi) is 6.33. The third kappa shape index (κ3) is 4.68. The fourth-order valence-corrected chi connectivity index (χ4v) is 4.06. The molecule has 3 aromatic rings. The molecular weight excluding hydrogens is 449 g/mol. The molecule has 33 heavy (non-hydrogen) atoms. The second-order valence-corrected chi connectivity index (χ2v) is 8.43. The zero-order valence-corrected chi connectivity index (χ0v) is 18.7. The Bertz CT molecular complexity index is 1240. The predicted octanol–water partition coefficient (Wildman–Crippen LogP) is 2.62. The fraction of sp³-hybridized carbons (Fsp3) is 0.304. The van der Waals surface area contributed by atoms with Gasteiger partial charge in [-0.25, -0.2) is 4.39 Å². The van der Waals surface area contributed by atoms with Crippen molar-refractivity contribution in [3.8, 4) is 0 Å². The number of nitrogens with zero attached hydrogens (tertiary/aromatic N) is 3. The number of aromatic nitrogens is 2. The molecule has 2 aromatic carbocycles. The van der Waals surface area contributed by atoms with Crippen molar-refractivity contribution >= 4 is 40.2 Å². The quantitative estimate of drug-likeness (QED) is 0.526. The number of carbonyl (C=O) groups excluding carboxylic acids is 3. The molecule has 0 aliphatic heterocycles. The van der Waals surface area contributed by atoms with Crippen molar-refractivity contribution in [3.63, 3.8) is 0 Å². The monoisotopic (exact) mass is 471 g/mol. The Morgan fingerprint density at radius 1 is 1.24 bits per heavy atom. The van der Waals surface area contributed by atoms with E-state index in [1.807, 2.05) is 0 Å². The molecule has 172 valence electrons. The Balaban J connectivity index is 1.50. The highest BCUT2D eigenvalue weighted by Crippen LogP contribution is 2.29. The summed E-state index contributed by atoms with van der Waals surface area (Å²) in [5, 5.41) is 7.45. The summed E-state index contributed by atoms with van der Waals surface area (Å²) in [6.45, 7) is 1.44. The molecule has 0 spiro atoms. The summed E-state index contributed by atoms with van der Waals surface area (Å²) in [4.78, 5) is 39.3. The number of nitrogens with two attached hydrogens (primary N) is 1. The molecule has 1 aromatic heterocycles. The van der Waals surface area contributed by atoms with Gasteiger partial charge in [-0.05, 0) is 31.9 Å². The van der Waals surface area contributed by atoms with Gasteiger partial charge in [-0.2, -0.15) is 5.10 Å². The van der Waals surface area contributed by atoms with Crippen LogP contribution >= 0.6 is 11.6 Å². The number of rotatable bonds is 8. The first-order valence-electron chi connectivity index (χ1n) is 10.5. The Morgan fingerprint density at radius 2 is 1.97 bits per heavy atom. The number of primary amides is 1. The van der Waals surface area contributed by atoms with Crippen LogP contribution in [0.4, 0.5) is 4.39 Å². The molecule has 4 rings (SSSR count). The minimum atomic E-state index is -0.773. The van der Waals surface area contributed by atoms with Crippen LogP contribution in [0, 0.1) is 5.82 Å². The van der Waals surface area contributed by atoms with Crippen molar-refractivity contribution in [2.75, 3.05) is 0 Å². The molecular formula is C23H23ClFN5O3. The van der Waals surface area contributed by atoms with Gasteiger partial charge in [0.2, 0.25) is 11.8 Å². The zero-order chi connectivity index (χ0) is 23.7. The number of hydrogen-bond acceptors (Lipinski definition) is 4. The van der Waals surface area contributed by atoms with Crippen LogP contribution < -0.4 is 11.1 Å². The summed E-state index contributed by atoms with van der Waals surface area (Å²) in [6.07, 6.45) is 1.58. The van der Waals surface area contributed by atoms with Crippen LogP contribution in [0.25, 0.3) is 10.9 Å². The lowest BCUT2D eigenvalue weighted by Gasteiger charge is -2.28. The van der Waals surface area contributed by atoms with Gasteiger partial charge in [-0.1, -0.05) is 41.9 Å². The number of amides is 3. The summed E-state index contributed by atoms with van der Waals surface area (Å²) < 4.78 is 15.5. The maximum absolute atomic E-state index is 14.1. The third-order valence-electron chi connectivity index (χ3n) is 5.69. The number of halogens is 2. The Morgan fingerprint density at radius 3 is 2.67 bits per heavy atom. The minimum absolute atomic E-state index is 0.0219. The highest BCUT2D eigenvalue weighted by Gasteiger charge is 2.38. The van der Waals surface area contributed by atoms with Crippen molar-refractivity contribution < 1.29 is 18.8 Å². The van der Waals surface area contributed by atoms with Crippen LogP contribution in [-0.2, 0) is 22.7 Å². The number of carbonyl (C=O) groups is 3. The van der Waals surface area contributed by atoms with Gasteiger partial charge >= 0.3 is 0 Å². The molecule has 0 radical (unpaired) electrons. The first-order chi connectivity index (χ1) is 15.8. The highest BCUT2D eigenvalue weighted by molar-refractivity contribution is 6.30.